The minimum Gasteiger partial charge on any atom is -0.490 e. The summed E-state index contributed by atoms with van der Waals surface area (Å²) in [4.78, 5) is 7.17. The van der Waals surface area contributed by atoms with Crippen LogP contribution in [0.2, 0.25) is 0 Å². The van der Waals surface area contributed by atoms with E-state index >= 15 is 0 Å². The zero-order valence-corrected chi connectivity index (χ0v) is 9.67. The van der Waals surface area contributed by atoms with Crippen LogP contribution in [-0.4, -0.2) is 28.0 Å². The lowest BCUT2D eigenvalue weighted by molar-refractivity contribution is 0.419. The second kappa shape index (κ2) is 4.84. The molecular formula is C9H13N5OS. The van der Waals surface area contributed by atoms with Gasteiger partial charge in [-0.3, -0.25) is 0 Å². The van der Waals surface area contributed by atoms with E-state index in [0.29, 0.717) is 11.6 Å². The maximum Gasteiger partial charge on any atom is 0.197 e. The van der Waals surface area contributed by atoms with Gasteiger partial charge in [0.1, 0.15) is 5.82 Å². The van der Waals surface area contributed by atoms with Gasteiger partial charge in [-0.1, -0.05) is 0 Å². The Morgan fingerprint density at radius 3 is 3.19 bits per heavy atom. The maximum absolute atomic E-state index is 5.63. The number of nitrogens with one attached hydrogen (secondary N) is 2. The van der Waals surface area contributed by atoms with Crippen LogP contribution in [0.1, 0.15) is 5.82 Å². The summed E-state index contributed by atoms with van der Waals surface area (Å²) < 4.78 is 9.15. The Hall–Kier alpha value is -1.76. The number of rotatable bonds is 5. The number of nitrogen functional groups attached to an aromatic ring is 1. The van der Waals surface area contributed by atoms with Gasteiger partial charge in [0, 0.05) is 25.4 Å². The van der Waals surface area contributed by atoms with E-state index in [-0.39, 0.29) is 0 Å². The largest absolute Gasteiger partial charge is 0.490 e. The van der Waals surface area contributed by atoms with Crippen molar-refractivity contribution in [1.29, 1.82) is 0 Å². The van der Waals surface area contributed by atoms with Crippen molar-refractivity contribution in [3.63, 3.8) is 0 Å². The van der Waals surface area contributed by atoms with Gasteiger partial charge < -0.3 is 20.8 Å². The van der Waals surface area contributed by atoms with Crippen LogP contribution < -0.4 is 15.8 Å². The molecule has 4 N–H and O–H groups in total. The number of hydrogen-bond acceptors (Lipinski definition) is 6. The van der Waals surface area contributed by atoms with E-state index in [9.17, 15) is 0 Å². The van der Waals surface area contributed by atoms with Crippen LogP contribution in [0.4, 0.5) is 10.8 Å². The average molecular weight is 239 g/mol. The molecule has 2 aromatic rings. The minimum atomic E-state index is 0.424. The monoisotopic (exact) mass is 239 g/mol. The van der Waals surface area contributed by atoms with Crippen molar-refractivity contribution < 1.29 is 4.74 Å². The van der Waals surface area contributed by atoms with Crippen LogP contribution in [0.25, 0.3) is 0 Å². The Morgan fingerprint density at radius 1 is 1.62 bits per heavy atom. The van der Waals surface area contributed by atoms with Gasteiger partial charge in [-0.15, -0.1) is 0 Å². The standard InChI is InChI=1S/C9H13N5OS/c1-15-7-8(10)14-16-9(7)13-3-2-6-11-4-5-12-6/h4-5,13H,2-3H2,1H3,(H2,10,14)(H,11,12). The van der Waals surface area contributed by atoms with Gasteiger partial charge in [-0.05, 0) is 11.5 Å². The third-order valence-electron chi connectivity index (χ3n) is 2.08. The van der Waals surface area contributed by atoms with E-state index in [1.165, 1.54) is 11.5 Å². The van der Waals surface area contributed by atoms with Gasteiger partial charge in [-0.2, -0.15) is 4.37 Å². The Kier molecular flexibility index (Phi) is 3.25. The maximum atomic E-state index is 5.63. The first-order valence-electron chi connectivity index (χ1n) is 4.82. The summed E-state index contributed by atoms with van der Waals surface area (Å²) in [5.41, 5.74) is 5.63. The quantitative estimate of drug-likeness (QED) is 0.727. The number of methoxy groups -OCH3 is 1. The molecule has 0 amide bonds. The van der Waals surface area contributed by atoms with Crippen molar-refractivity contribution >= 4 is 22.4 Å². The van der Waals surface area contributed by atoms with Crippen molar-refractivity contribution in [3.05, 3.63) is 18.2 Å². The van der Waals surface area contributed by atoms with Crippen LogP contribution in [0.3, 0.4) is 0 Å². The lowest BCUT2D eigenvalue weighted by Gasteiger charge is -2.04. The zero-order valence-electron chi connectivity index (χ0n) is 8.86. The van der Waals surface area contributed by atoms with Crippen LogP contribution in [0, 0.1) is 0 Å². The van der Waals surface area contributed by atoms with E-state index in [1.54, 1.807) is 19.5 Å². The number of ether oxygens (including phenoxy) is 1. The predicted molar refractivity (Wildman–Crippen MR) is 63.9 cm³/mol. The van der Waals surface area contributed by atoms with E-state index in [4.69, 9.17) is 10.5 Å². The molecule has 0 atom stereocenters. The summed E-state index contributed by atoms with van der Waals surface area (Å²) in [6.07, 6.45) is 4.36. The van der Waals surface area contributed by atoms with Crippen molar-refractivity contribution in [3.8, 4) is 5.75 Å². The fourth-order valence-corrected chi connectivity index (χ4v) is 2.04. The number of H-pyrrole nitrogens is 1. The summed E-state index contributed by atoms with van der Waals surface area (Å²) >= 11 is 1.30. The number of nitrogens with two attached hydrogens (primary N) is 1. The second-order valence-electron chi connectivity index (χ2n) is 3.14. The molecule has 2 aromatic heterocycles. The number of aromatic amines is 1. The molecule has 0 aliphatic carbocycles. The molecule has 7 heteroatoms. The van der Waals surface area contributed by atoms with Gasteiger partial charge >= 0.3 is 0 Å². The highest BCUT2D eigenvalue weighted by Crippen LogP contribution is 2.34. The highest BCUT2D eigenvalue weighted by molar-refractivity contribution is 7.11. The van der Waals surface area contributed by atoms with Gasteiger partial charge in [0.15, 0.2) is 16.6 Å². The Labute approximate surface area is 97.0 Å². The molecule has 6 nitrogen and oxygen atoms in total. The molecule has 2 heterocycles. The molecule has 0 aliphatic heterocycles. The lowest BCUT2D eigenvalue weighted by Crippen LogP contribution is -2.05. The molecule has 86 valence electrons. The van der Waals surface area contributed by atoms with Crippen LogP contribution in [0.15, 0.2) is 12.4 Å². The molecule has 0 spiro atoms. The molecule has 16 heavy (non-hydrogen) atoms. The molecular weight excluding hydrogens is 226 g/mol. The lowest BCUT2D eigenvalue weighted by atomic mass is 10.4. The summed E-state index contributed by atoms with van der Waals surface area (Å²) in [6, 6.07) is 0. The number of anilines is 2. The molecule has 0 bridgehead atoms. The van der Waals surface area contributed by atoms with Crippen molar-refractivity contribution in [2.24, 2.45) is 0 Å². The second-order valence-corrected chi connectivity index (χ2v) is 3.92. The number of aromatic nitrogens is 3. The molecule has 0 aromatic carbocycles. The van der Waals surface area contributed by atoms with E-state index in [1.807, 2.05) is 0 Å². The Morgan fingerprint density at radius 2 is 2.50 bits per heavy atom. The average Bonchev–Trinajstić information content (AvgIpc) is 2.89. The highest BCUT2D eigenvalue weighted by atomic mass is 32.1. The highest BCUT2D eigenvalue weighted by Gasteiger charge is 2.10. The van der Waals surface area contributed by atoms with Gasteiger partial charge in [0.2, 0.25) is 0 Å². The molecule has 2 rings (SSSR count). The van der Waals surface area contributed by atoms with Crippen molar-refractivity contribution in [2.75, 3.05) is 24.7 Å². The molecule has 0 saturated carbocycles. The predicted octanol–water partition coefficient (Wildman–Crippen LogP) is 1.11. The van der Waals surface area contributed by atoms with Crippen molar-refractivity contribution in [1.82, 2.24) is 14.3 Å². The number of nitrogens with zero attached hydrogens (tertiary/aromatic N) is 2. The molecule has 0 fully saturated rings. The van der Waals surface area contributed by atoms with Crippen LogP contribution in [-0.2, 0) is 6.42 Å². The molecule has 0 unspecified atom stereocenters. The summed E-state index contributed by atoms with van der Waals surface area (Å²) in [6.45, 7) is 0.755. The SMILES string of the molecule is COc1c(N)nsc1NCCc1ncc[nH]1. The number of hydrogen-bond donors (Lipinski definition) is 3. The first-order valence-corrected chi connectivity index (χ1v) is 5.60. The summed E-state index contributed by atoms with van der Waals surface area (Å²) in [5, 5.41) is 4.07. The Bertz CT molecular complexity index is 439. The molecule has 0 radical (unpaired) electrons. The Balaban J connectivity index is 1.89. The normalized spacial score (nSPS) is 10.3. The first-order chi connectivity index (χ1) is 7.81. The van der Waals surface area contributed by atoms with Crippen molar-refractivity contribution in [2.45, 2.75) is 6.42 Å². The van der Waals surface area contributed by atoms with Crippen LogP contribution in [0.5, 0.6) is 5.75 Å². The van der Waals surface area contributed by atoms with E-state index in [0.717, 1.165) is 23.8 Å². The summed E-state index contributed by atoms with van der Waals surface area (Å²) in [7, 11) is 1.58. The van der Waals surface area contributed by atoms with E-state index < -0.39 is 0 Å². The molecule has 0 saturated heterocycles. The van der Waals surface area contributed by atoms with Gasteiger partial charge in [-0.25, -0.2) is 4.98 Å². The van der Waals surface area contributed by atoms with Crippen LogP contribution >= 0.6 is 11.5 Å². The van der Waals surface area contributed by atoms with Gasteiger partial charge in [0.05, 0.1) is 7.11 Å². The fourth-order valence-electron chi connectivity index (χ4n) is 1.33. The number of imidazole rings is 1. The third-order valence-corrected chi connectivity index (χ3v) is 2.88. The van der Waals surface area contributed by atoms with Gasteiger partial charge in [0.25, 0.3) is 0 Å². The minimum absolute atomic E-state index is 0.424. The van der Waals surface area contributed by atoms with E-state index in [2.05, 4.69) is 19.7 Å². The topological polar surface area (TPSA) is 88.8 Å². The first kappa shape index (κ1) is 10.7. The fraction of sp³-hybridized carbons (Fsp3) is 0.333. The summed E-state index contributed by atoms with van der Waals surface area (Å²) in [5.74, 6) is 1.99. The zero-order chi connectivity index (χ0) is 11.4. The smallest absolute Gasteiger partial charge is 0.197 e. The third kappa shape index (κ3) is 2.25. The molecule has 0 aliphatic rings.